The highest BCUT2D eigenvalue weighted by atomic mass is 19.1. The third-order valence-corrected chi connectivity index (χ3v) is 13.8. The average Bonchev–Trinajstić information content (AvgIpc) is 3.78. The van der Waals surface area contributed by atoms with Gasteiger partial charge in [-0.3, -0.25) is 24.3 Å². The highest BCUT2D eigenvalue weighted by Crippen LogP contribution is 2.30. The lowest BCUT2D eigenvalue weighted by molar-refractivity contribution is -0.134. The number of carbonyl (C=O) groups is 5. The Balaban J connectivity index is 0.785. The van der Waals surface area contributed by atoms with E-state index in [4.69, 9.17) is 4.74 Å². The first kappa shape index (κ1) is 51.2. The minimum absolute atomic E-state index is 0.00139. The number of piperidine rings is 1. The molecule has 1 aromatic heterocycles. The van der Waals surface area contributed by atoms with Crippen LogP contribution in [0.3, 0.4) is 0 Å². The summed E-state index contributed by atoms with van der Waals surface area (Å²) in [6, 6.07) is 22.1. The first-order valence-corrected chi connectivity index (χ1v) is 24.9. The second-order valence-corrected chi connectivity index (χ2v) is 18.8. The number of aromatic nitrogens is 2. The molecule has 8 rings (SSSR count). The lowest BCUT2D eigenvalue weighted by atomic mass is 10.0. The second kappa shape index (κ2) is 24.3. The molecule has 0 spiro atoms. The molecule has 1 atom stereocenters. The summed E-state index contributed by atoms with van der Waals surface area (Å²) in [6.45, 7) is 7.64. The number of fused-ring (bicyclic) bond motifs is 1. The number of piperazine rings is 2. The fraction of sp³-hybridized carbons (Fsp3) is 0.434. The number of benzene rings is 4. The van der Waals surface area contributed by atoms with E-state index in [1.54, 1.807) is 7.05 Å². The topological polar surface area (TPSA) is 188 Å². The highest BCUT2D eigenvalue weighted by molar-refractivity contribution is 6.11. The van der Waals surface area contributed by atoms with Gasteiger partial charge in [-0.05, 0) is 111 Å². The molecule has 4 heterocycles. The van der Waals surface area contributed by atoms with Crippen molar-refractivity contribution in [1.29, 1.82) is 0 Å². The highest BCUT2D eigenvalue weighted by Gasteiger charge is 2.27. The SMILES string of the molecule is CNC(=O)C(CCC=O)Nc1ccc(N2CCN(C(=O)CCOCCC(=O)N3CCC(Nc4cc(N5CCN(C)CC5)ccc4C(=O)Nc4n[nH]c5ccc(Cc6cc(F)cc(F)c6)cc45)CC3)CC2)cc1. The van der Waals surface area contributed by atoms with Crippen molar-refractivity contribution in [3.8, 4) is 0 Å². The molecule has 19 heteroatoms. The van der Waals surface area contributed by atoms with Gasteiger partial charge in [0, 0.05) is 119 Å². The molecule has 3 aliphatic heterocycles. The van der Waals surface area contributed by atoms with Crippen LogP contribution in [0.15, 0.2) is 78.9 Å². The van der Waals surface area contributed by atoms with E-state index in [0.717, 1.165) is 61.2 Å². The fourth-order valence-electron chi connectivity index (χ4n) is 9.59. The molecule has 382 valence electrons. The molecule has 4 aromatic carbocycles. The molecule has 5 aromatic rings. The Labute approximate surface area is 418 Å². The lowest BCUT2D eigenvalue weighted by Crippen LogP contribution is -2.49. The van der Waals surface area contributed by atoms with Crippen molar-refractivity contribution in [3.63, 3.8) is 0 Å². The molecule has 5 N–H and O–H groups in total. The maximum absolute atomic E-state index is 14.1. The number of likely N-dealkylation sites (N-methyl/N-ethyl adjacent to an activating group) is 2. The van der Waals surface area contributed by atoms with Crippen LogP contribution < -0.4 is 31.1 Å². The first-order valence-electron chi connectivity index (χ1n) is 24.9. The van der Waals surface area contributed by atoms with Crippen molar-refractivity contribution in [3.05, 3.63) is 107 Å². The summed E-state index contributed by atoms with van der Waals surface area (Å²) >= 11 is 0. The zero-order chi connectivity index (χ0) is 50.6. The van der Waals surface area contributed by atoms with Crippen molar-refractivity contribution in [2.45, 2.75) is 57.0 Å². The number of aldehydes is 1. The number of halogens is 2. The Hall–Kier alpha value is -7.12. The predicted octanol–water partition coefficient (Wildman–Crippen LogP) is 5.49. The Kier molecular flexibility index (Phi) is 17.3. The standard InChI is InChI=1S/C53H65F2N11O6/c1-56-53(71)47(4-3-27-67)57-40-6-8-42(9-7-40)63-23-25-66(26-24-63)50(69)16-29-72-28-15-49(68)65-17-13-41(14-18-65)58-48-35-43(64-21-19-62(2)20-22-64)10-11-44(48)52(70)59-51-45-33-36(5-12-46(45)60-61-51)30-37-31-38(54)34-39(55)32-37/h5-12,27,31-35,41,47,57-58H,3-4,13-26,28-30H2,1-2H3,(H,56,71)(H2,59,60,61,70). The summed E-state index contributed by atoms with van der Waals surface area (Å²) < 4.78 is 33.7. The summed E-state index contributed by atoms with van der Waals surface area (Å²) in [4.78, 5) is 74.1. The number of likely N-dealkylation sites (tertiary alicyclic amines) is 1. The zero-order valence-electron chi connectivity index (χ0n) is 41.1. The van der Waals surface area contributed by atoms with E-state index in [1.807, 2.05) is 70.5 Å². The number of anilines is 5. The summed E-state index contributed by atoms with van der Waals surface area (Å²) in [5.41, 5.74) is 5.95. The van der Waals surface area contributed by atoms with Crippen LogP contribution in [0.5, 0.6) is 0 Å². The summed E-state index contributed by atoms with van der Waals surface area (Å²) in [5, 5.41) is 20.5. The van der Waals surface area contributed by atoms with Crippen LogP contribution in [0.25, 0.3) is 10.9 Å². The third-order valence-electron chi connectivity index (χ3n) is 13.8. The quantitative estimate of drug-likeness (QED) is 0.0489. The number of rotatable bonds is 20. The number of amides is 4. The van der Waals surface area contributed by atoms with Crippen LogP contribution in [0, 0.1) is 11.6 Å². The van der Waals surface area contributed by atoms with Crippen LogP contribution in [0.4, 0.5) is 37.3 Å². The van der Waals surface area contributed by atoms with Crippen molar-refractivity contribution >= 4 is 69.4 Å². The number of nitrogens with one attached hydrogen (secondary N) is 5. The van der Waals surface area contributed by atoms with Gasteiger partial charge in [-0.1, -0.05) is 6.07 Å². The van der Waals surface area contributed by atoms with Gasteiger partial charge in [0.1, 0.15) is 24.0 Å². The molecular weight excluding hydrogens is 925 g/mol. The van der Waals surface area contributed by atoms with Gasteiger partial charge in [-0.25, -0.2) is 8.78 Å². The van der Waals surface area contributed by atoms with E-state index >= 15 is 0 Å². The Bertz CT molecular complexity index is 2660. The van der Waals surface area contributed by atoms with Gasteiger partial charge < -0.3 is 55.3 Å². The predicted molar refractivity (Wildman–Crippen MR) is 275 cm³/mol. The van der Waals surface area contributed by atoms with Crippen LogP contribution in [-0.2, 0) is 30.3 Å². The largest absolute Gasteiger partial charge is 0.381 e. The monoisotopic (exact) mass is 990 g/mol. The maximum atomic E-state index is 14.1. The van der Waals surface area contributed by atoms with Crippen molar-refractivity contribution in [2.75, 3.05) is 119 Å². The lowest BCUT2D eigenvalue weighted by Gasteiger charge is -2.36. The molecule has 3 aliphatic rings. The van der Waals surface area contributed by atoms with Crippen LogP contribution >= 0.6 is 0 Å². The molecular formula is C53H65F2N11O6. The van der Waals surface area contributed by atoms with Crippen LogP contribution in [0.1, 0.15) is 60.0 Å². The van der Waals surface area contributed by atoms with E-state index in [1.165, 1.54) is 12.1 Å². The molecule has 1 unspecified atom stereocenters. The summed E-state index contributed by atoms with van der Waals surface area (Å²) in [5.74, 6) is -1.45. The van der Waals surface area contributed by atoms with E-state index in [0.29, 0.717) is 98.5 Å². The molecule has 3 fully saturated rings. The average molecular weight is 990 g/mol. The van der Waals surface area contributed by atoms with Crippen LogP contribution in [0.2, 0.25) is 0 Å². The Morgan fingerprint density at radius 3 is 2.07 bits per heavy atom. The molecule has 3 saturated heterocycles. The van der Waals surface area contributed by atoms with Gasteiger partial charge >= 0.3 is 0 Å². The normalized spacial score (nSPS) is 16.1. The summed E-state index contributed by atoms with van der Waals surface area (Å²) in [6.07, 6.45) is 3.60. The number of hydrogen-bond acceptors (Lipinski definition) is 12. The number of H-pyrrole nitrogens is 1. The van der Waals surface area contributed by atoms with E-state index in [2.05, 4.69) is 53.2 Å². The van der Waals surface area contributed by atoms with Gasteiger partial charge in [0.15, 0.2) is 5.82 Å². The Morgan fingerprint density at radius 2 is 1.40 bits per heavy atom. The maximum Gasteiger partial charge on any atom is 0.258 e. The van der Waals surface area contributed by atoms with Gasteiger partial charge in [-0.2, -0.15) is 5.10 Å². The van der Waals surface area contributed by atoms with E-state index in [-0.39, 0.29) is 62.1 Å². The van der Waals surface area contributed by atoms with Gasteiger partial charge in [0.05, 0.1) is 37.1 Å². The van der Waals surface area contributed by atoms with Gasteiger partial charge in [-0.15, -0.1) is 0 Å². The number of ether oxygens (including phenoxy) is 1. The Morgan fingerprint density at radius 1 is 0.764 bits per heavy atom. The third kappa shape index (κ3) is 13.4. The number of nitrogens with zero attached hydrogens (tertiary/aromatic N) is 6. The van der Waals surface area contributed by atoms with Crippen LogP contribution in [-0.4, -0.2) is 160 Å². The molecule has 0 radical (unpaired) electrons. The smallest absolute Gasteiger partial charge is 0.258 e. The number of aromatic amines is 1. The molecule has 72 heavy (non-hydrogen) atoms. The molecule has 0 aliphatic carbocycles. The number of hydrogen-bond donors (Lipinski definition) is 5. The fourth-order valence-corrected chi connectivity index (χ4v) is 9.59. The minimum atomic E-state index is -0.641. The molecule has 4 amide bonds. The minimum Gasteiger partial charge on any atom is -0.381 e. The van der Waals surface area contributed by atoms with Crippen molar-refractivity contribution < 1.29 is 37.5 Å². The second-order valence-electron chi connectivity index (χ2n) is 18.8. The van der Waals surface area contributed by atoms with Crippen molar-refractivity contribution in [1.82, 2.24) is 30.2 Å². The first-order chi connectivity index (χ1) is 34.9. The van der Waals surface area contributed by atoms with E-state index < -0.39 is 17.7 Å². The molecule has 0 saturated carbocycles. The van der Waals surface area contributed by atoms with E-state index in [9.17, 15) is 32.8 Å². The summed E-state index contributed by atoms with van der Waals surface area (Å²) in [7, 11) is 3.68. The van der Waals surface area contributed by atoms with Gasteiger partial charge in [0.25, 0.3) is 5.91 Å². The molecule has 0 bridgehead atoms. The molecule has 17 nitrogen and oxygen atoms in total. The zero-order valence-corrected chi connectivity index (χ0v) is 41.1. The van der Waals surface area contributed by atoms with Crippen molar-refractivity contribution in [2.24, 2.45) is 0 Å². The van der Waals surface area contributed by atoms with Gasteiger partial charge in [0.2, 0.25) is 17.7 Å². The number of carbonyl (C=O) groups excluding carboxylic acids is 5.